The fourth-order valence-electron chi connectivity index (χ4n) is 2.88. The summed E-state index contributed by atoms with van der Waals surface area (Å²) in [6.07, 6.45) is 3.40. The summed E-state index contributed by atoms with van der Waals surface area (Å²) < 4.78 is 6.63. The van der Waals surface area contributed by atoms with E-state index in [-0.39, 0.29) is 11.7 Å². The van der Waals surface area contributed by atoms with Gasteiger partial charge in [-0.2, -0.15) is 0 Å². The number of nitrogens with zero attached hydrogens (tertiary/aromatic N) is 1. The smallest absolute Gasteiger partial charge is 0.410 e. The Balaban J connectivity index is 2.03. The average molecular weight is 337 g/mol. The Hall–Kier alpha value is 0. The number of alkyl halides is 1. The number of ether oxygens (including phenoxy) is 1. The van der Waals surface area contributed by atoms with E-state index < -0.39 is 0 Å². The van der Waals surface area contributed by atoms with E-state index in [1.807, 2.05) is 25.7 Å². The van der Waals surface area contributed by atoms with E-state index in [9.17, 15) is 4.79 Å². The van der Waals surface area contributed by atoms with E-state index in [1.165, 1.54) is 6.42 Å². The van der Waals surface area contributed by atoms with Gasteiger partial charge in [-0.15, -0.1) is 0 Å². The maximum absolute atomic E-state index is 12.1. The van der Waals surface area contributed by atoms with Crippen LogP contribution in [0.25, 0.3) is 0 Å². The van der Waals surface area contributed by atoms with Gasteiger partial charge >= 0.3 is 6.09 Å². The summed E-state index contributed by atoms with van der Waals surface area (Å²) in [4.78, 5) is 14.1. The number of carbonyl (C=O) groups is 1. The lowest BCUT2D eigenvalue weighted by atomic mass is 9.91. The SMILES string of the molecule is CC(C)(C)OC(=O)N1[C@@H]2CC[C@H]1[C@H](CI)C2. The predicted octanol–water partition coefficient (Wildman–Crippen LogP) is 3.21. The van der Waals surface area contributed by atoms with E-state index in [0.29, 0.717) is 18.0 Å². The third kappa shape index (κ3) is 2.31. The van der Waals surface area contributed by atoms with E-state index in [2.05, 4.69) is 22.6 Å². The summed E-state index contributed by atoms with van der Waals surface area (Å²) >= 11 is 2.43. The van der Waals surface area contributed by atoms with Crippen LogP contribution in [0.4, 0.5) is 4.79 Å². The van der Waals surface area contributed by atoms with E-state index >= 15 is 0 Å². The molecule has 2 rings (SSSR count). The molecular formula is C12H20INO2. The summed E-state index contributed by atoms with van der Waals surface area (Å²) in [5.74, 6) is 0.687. The van der Waals surface area contributed by atoms with Gasteiger partial charge in [0.25, 0.3) is 0 Å². The van der Waals surface area contributed by atoms with Gasteiger partial charge in [0.15, 0.2) is 0 Å². The van der Waals surface area contributed by atoms with E-state index in [1.54, 1.807) is 0 Å². The minimum atomic E-state index is -0.376. The van der Waals surface area contributed by atoms with Crippen LogP contribution in [-0.4, -0.2) is 33.1 Å². The van der Waals surface area contributed by atoms with Gasteiger partial charge in [0.2, 0.25) is 0 Å². The molecule has 2 saturated heterocycles. The molecule has 0 spiro atoms. The van der Waals surface area contributed by atoms with Crippen molar-refractivity contribution in [3.63, 3.8) is 0 Å². The molecule has 2 aliphatic heterocycles. The zero-order valence-electron chi connectivity index (χ0n) is 10.2. The number of fused-ring (bicyclic) bond motifs is 2. The lowest BCUT2D eigenvalue weighted by Crippen LogP contribution is -2.40. The molecular weight excluding hydrogens is 317 g/mol. The van der Waals surface area contributed by atoms with Gasteiger partial charge < -0.3 is 9.64 Å². The molecule has 3 nitrogen and oxygen atoms in total. The van der Waals surface area contributed by atoms with Crippen molar-refractivity contribution in [3.05, 3.63) is 0 Å². The Kier molecular flexibility index (Phi) is 3.39. The van der Waals surface area contributed by atoms with Gasteiger partial charge in [0.1, 0.15) is 5.60 Å². The predicted molar refractivity (Wildman–Crippen MR) is 71.9 cm³/mol. The highest BCUT2D eigenvalue weighted by Crippen LogP contribution is 2.43. The highest BCUT2D eigenvalue weighted by Gasteiger charge is 2.49. The lowest BCUT2D eigenvalue weighted by molar-refractivity contribution is 0.0208. The number of amides is 1. The fourth-order valence-corrected chi connectivity index (χ4v) is 3.82. The largest absolute Gasteiger partial charge is 0.444 e. The molecule has 2 fully saturated rings. The van der Waals surface area contributed by atoms with Gasteiger partial charge in [-0.25, -0.2) is 4.79 Å². The summed E-state index contributed by atoms with van der Waals surface area (Å²) in [6, 6.07) is 0.886. The molecule has 16 heavy (non-hydrogen) atoms. The van der Waals surface area contributed by atoms with Gasteiger partial charge in [-0.3, -0.25) is 0 Å². The molecule has 3 atom stereocenters. The zero-order chi connectivity index (χ0) is 11.9. The molecule has 2 heterocycles. The monoisotopic (exact) mass is 337 g/mol. The Morgan fingerprint density at radius 1 is 1.44 bits per heavy atom. The van der Waals surface area contributed by atoms with Gasteiger partial charge in [-0.1, -0.05) is 22.6 Å². The maximum Gasteiger partial charge on any atom is 0.410 e. The molecule has 0 aromatic heterocycles. The fraction of sp³-hybridized carbons (Fsp3) is 0.917. The first kappa shape index (κ1) is 12.5. The molecule has 1 amide bonds. The maximum atomic E-state index is 12.1. The number of hydrogen-bond donors (Lipinski definition) is 0. The lowest BCUT2D eigenvalue weighted by Gasteiger charge is -2.28. The van der Waals surface area contributed by atoms with Gasteiger partial charge in [0.05, 0.1) is 0 Å². The number of halogens is 1. The first-order chi connectivity index (χ1) is 7.42. The second-order valence-corrected chi connectivity index (χ2v) is 6.72. The topological polar surface area (TPSA) is 29.5 Å². The Labute approximate surface area is 111 Å². The summed E-state index contributed by atoms with van der Waals surface area (Å²) in [5, 5.41) is 0. The van der Waals surface area contributed by atoms with Crippen molar-refractivity contribution in [2.45, 2.75) is 57.7 Å². The minimum Gasteiger partial charge on any atom is -0.444 e. The third-order valence-electron chi connectivity index (χ3n) is 3.47. The standard InChI is InChI=1S/C12H20INO2/c1-12(2,3)16-11(15)14-9-4-5-10(14)8(6-9)7-13/h8-10H,4-7H2,1-3H3/t8-,9+,10-/m0/s1. The second kappa shape index (κ2) is 4.35. The van der Waals surface area contributed by atoms with Crippen LogP contribution in [0.2, 0.25) is 0 Å². The first-order valence-electron chi connectivity index (χ1n) is 5.99. The summed E-state index contributed by atoms with van der Waals surface area (Å²) in [7, 11) is 0. The third-order valence-corrected chi connectivity index (χ3v) is 4.60. The molecule has 0 N–H and O–H groups in total. The molecule has 2 aliphatic rings. The van der Waals surface area contributed by atoms with Crippen molar-refractivity contribution in [2.75, 3.05) is 4.43 Å². The number of rotatable bonds is 1. The van der Waals surface area contributed by atoms with Crippen molar-refractivity contribution < 1.29 is 9.53 Å². The van der Waals surface area contributed by atoms with Crippen molar-refractivity contribution in [1.82, 2.24) is 4.90 Å². The first-order valence-corrected chi connectivity index (χ1v) is 7.52. The molecule has 0 aromatic carbocycles. The summed E-state index contributed by atoms with van der Waals surface area (Å²) in [5.41, 5.74) is -0.376. The van der Waals surface area contributed by atoms with Crippen molar-refractivity contribution >= 4 is 28.7 Å². The summed E-state index contributed by atoms with van der Waals surface area (Å²) in [6.45, 7) is 5.79. The van der Waals surface area contributed by atoms with E-state index in [4.69, 9.17) is 4.74 Å². The molecule has 92 valence electrons. The zero-order valence-corrected chi connectivity index (χ0v) is 12.4. The van der Waals surface area contributed by atoms with Crippen molar-refractivity contribution in [3.8, 4) is 0 Å². The molecule has 0 radical (unpaired) electrons. The minimum absolute atomic E-state index is 0.104. The van der Waals surface area contributed by atoms with Crippen LogP contribution < -0.4 is 0 Å². The normalized spacial score (nSPS) is 33.2. The van der Waals surface area contributed by atoms with Crippen LogP contribution in [0.1, 0.15) is 40.0 Å². The Morgan fingerprint density at radius 3 is 2.62 bits per heavy atom. The molecule has 4 heteroatoms. The molecule has 0 aromatic rings. The molecule has 0 unspecified atom stereocenters. The van der Waals surface area contributed by atoms with Crippen LogP contribution >= 0.6 is 22.6 Å². The highest BCUT2D eigenvalue weighted by molar-refractivity contribution is 14.1. The Bertz CT molecular complexity index is 287. The van der Waals surface area contributed by atoms with Crippen LogP contribution in [0.5, 0.6) is 0 Å². The van der Waals surface area contributed by atoms with Crippen LogP contribution in [0.3, 0.4) is 0 Å². The number of carbonyl (C=O) groups excluding carboxylic acids is 1. The molecule has 0 aliphatic carbocycles. The van der Waals surface area contributed by atoms with Gasteiger partial charge in [0, 0.05) is 16.5 Å². The van der Waals surface area contributed by atoms with Crippen LogP contribution in [-0.2, 0) is 4.74 Å². The van der Waals surface area contributed by atoms with Crippen molar-refractivity contribution in [1.29, 1.82) is 0 Å². The molecule has 2 bridgehead atoms. The number of hydrogen-bond acceptors (Lipinski definition) is 2. The highest BCUT2D eigenvalue weighted by atomic mass is 127. The van der Waals surface area contributed by atoms with Gasteiger partial charge in [-0.05, 0) is 46.0 Å². The van der Waals surface area contributed by atoms with Crippen LogP contribution in [0.15, 0.2) is 0 Å². The average Bonchev–Trinajstić information content (AvgIpc) is 2.70. The molecule has 0 saturated carbocycles. The van der Waals surface area contributed by atoms with Crippen molar-refractivity contribution in [2.24, 2.45) is 5.92 Å². The van der Waals surface area contributed by atoms with E-state index in [0.717, 1.165) is 17.3 Å². The van der Waals surface area contributed by atoms with Crippen LogP contribution in [0, 0.1) is 5.92 Å². The quantitative estimate of drug-likeness (QED) is 0.543. The Morgan fingerprint density at radius 2 is 2.12 bits per heavy atom. The second-order valence-electron chi connectivity index (χ2n) is 5.84.